The summed E-state index contributed by atoms with van der Waals surface area (Å²) < 4.78 is 23.0. The molecule has 21 heavy (non-hydrogen) atoms. The van der Waals surface area contributed by atoms with Crippen LogP contribution in [0.25, 0.3) is 0 Å². The first-order valence-electron chi connectivity index (χ1n) is 5.85. The molecule has 0 aliphatic rings. The van der Waals surface area contributed by atoms with E-state index in [1.54, 1.807) is 0 Å². The van der Waals surface area contributed by atoms with E-state index < -0.39 is 35.7 Å². The standard InChI is InChI=1S/C12H20FNO6.Na/c1-11(2,3)19-9(17)14(7(13)8(15)16)10(18)20-12(4,5)6;/h7H,1-6H3,(H,15,16);/q;+1/p-1. The van der Waals surface area contributed by atoms with Gasteiger partial charge in [-0.3, -0.25) is 0 Å². The number of carboxylic acid groups (broad SMARTS) is 1. The average Bonchev–Trinajstić information content (AvgIpc) is 2.10. The van der Waals surface area contributed by atoms with Gasteiger partial charge in [-0.25, -0.2) is 14.0 Å². The Bertz CT molecular complexity index is 374. The minimum Gasteiger partial charge on any atom is -0.545 e. The van der Waals surface area contributed by atoms with Crippen molar-refractivity contribution in [1.29, 1.82) is 0 Å². The van der Waals surface area contributed by atoms with Crippen LogP contribution in [-0.4, -0.2) is 40.6 Å². The Kier molecular flexibility index (Phi) is 8.49. The number of alkyl halides is 1. The van der Waals surface area contributed by atoms with Crippen molar-refractivity contribution in [3.63, 3.8) is 0 Å². The maximum atomic E-state index is 13.5. The second-order valence-corrected chi connectivity index (χ2v) is 5.99. The van der Waals surface area contributed by atoms with Crippen molar-refractivity contribution in [2.75, 3.05) is 0 Å². The molecular weight excluding hydrogens is 296 g/mol. The fourth-order valence-corrected chi connectivity index (χ4v) is 0.987. The normalized spacial score (nSPS) is 12.7. The number of rotatable bonds is 2. The number of carboxylic acids is 1. The van der Waals surface area contributed by atoms with Crippen LogP contribution in [0.4, 0.5) is 14.0 Å². The van der Waals surface area contributed by atoms with Crippen molar-refractivity contribution in [3.05, 3.63) is 0 Å². The summed E-state index contributed by atoms with van der Waals surface area (Å²) >= 11 is 0. The number of amides is 2. The molecule has 0 radical (unpaired) electrons. The third-order valence-electron chi connectivity index (χ3n) is 1.60. The van der Waals surface area contributed by atoms with E-state index in [-0.39, 0.29) is 34.5 Å². The Hall–Kier alpha value is -0.860. The maximum absolute atomic E-state index is 13.5. The number of ether oxygens (including phenoxy) is 2. The van der Waals surface area contributed by atoms with E-state index in [1.807, 2.05) is 0 Å². The smallest absolute Gasteiger partial charge is 0.545 e. The van der Waals surface area contributed by atoms with Gasteiger partial charge in [-0.05, 0) is 41.5 Å². The molecule has 0 rings (SSSR count). The first kappa shape index (κ1) is 22.4. The predicted molar refractivity (Wildman–Crippen MR) is 64.2 cm³/mol. The van der Waals surface area contributed by atoms with Crippen LogP contribution in [0.2, 0.25) is 0 Å². The molecule has 0 saturated heterocycles. The van der Waals surface area contributed by atoms with Crippen molar-refractivity contribution in [1.82, 2.24) is 4.90 Å². The number of imide groups is 1. The maximum Gasteiger partial charge on any atom is 1.00 e. The molecule has 1 atom stereocenters. The summed E-state index contributed by atoms with van der Waals surface area (Å²) in [6, 6.07) is 0. The summed E-state index contributed by atoms with van der Waals surface area (Å²) in [5.74, 6) is -2.25. The topological polar surface area (TPSA) is 96.0 Å². The molecule has 0 aliphatic heterocycles. The Balaban J connectivity index is 0. The van der Waals surface area contributed by atoms with Crippen molar-refractivity contribution < 1.29 is 62.9 Å². The number of carbonyl (C=O) groups is 3. The van der Waals surface area contributed by atoms with Gasteiger partial charge in [0.15, 0.2) is 0 Å². The molecule has 0 aromatic heterocycles. The molecule has 116 valence electrons. The number of carbonyl (C=O) groups excluding carboxylic acids is 3. The van der Waals surface area contributed by atoms with Gasteiger partial charge in [-0.15, -0.1) is 0 Å². The molecule has 0 N–H and O–H groups in total. The number of aliphatic carboxylic acids is 1. The molecule has 0 saturated carbocycles. The molecule has 7 nitrogen and oxygen atoms in total. The largest absolute Gasteiger partial charge is 1.00 e. The Morgan fingerprint density at radius 3 is 1.43 bits per heavy atom. The van der Waals surface area contributed by atoms with Gasteiger partial charge < -0.3 is 19.4 Å². The number of hydrogen-bond acceptors (Lipinski definition) is 6. The first-order chi connectivity index (χ1) is 8.74. The van der Waals surface area contributed by atoms with Crippen LogP contribution < -0.4 is 34.7 Å². The van der Waals surface area contributed by atoms with E-state index in [0.29, 0.717) is 0 Å². The van der Waals surface area contributed by atoms with E-state index in [1.165, 1.54) is 41.5 Å². The summed E-state index contributed by atoms with van der Waals surface area (Å²) in [4.78, 5) is 33.7. The number of hydrogen-bond donors (Lipinski definition) is 0. The molecule has 0 aromatic rings. The van der Waals surface area contributed by atoms with Crippen LogP contribution in [0.3, 0.4) is 0 Å². The minimum absolute atomic E-state index is 0. The molecule has 0 fully saturated rings. The van der Waals surface area contributed by atoms with Crippen molar-refractivity contribution in [2.24, 2.45) is 0 Å². The fourth-order valence-electron chi connectivity index (χ4n) is 0.987. The zero-order valence-corrected chi connectivity index (χ0v) is 15.4. The zero-order chi connectivity index (χ0) is 16.3. The SMILES string of the molecule is CC(C)(C)OC(=O)N(C(=O)OC(C)(C)C)C(F)C(=O)[O-].[Na+]. The summed E-state index contributed by atoms with van der Waals surface area (Å²) in [6.07, 6.45) is -5.94. The molecule has 2 amide bonds. The summed E-state index contributed by atoms with van der Waals surface area (Å²) in [6.45, 7) is 8.86. The molecule has 9 heteroatoms. The molecule has 1 unspecified atom stereocenters. The van der Waals surface area contributed by atoms with Crippen LogP contribution in [0, 0.1) is 0 Å². The third-order valence-corrected chi connectivity index (χ3v) is 1.60. The Labute approximate surface area is 145 Å². The van der Waals surface area contributed by atoms with Crippen LogP contribution in [0.5, 0.6) is 0 Å². The molecule has 0 aliphatic carbocycles. The van der Waals surface area contributed by atoms with Crippen LogP contribution >= 0.6 is 0 Å². The summed E-state index contributed by atoms with van der Waals surface area (Å²) in [5.41, 5.74) is -2.08. The minimum atomic E-state index is -3.00. The van der Waals surface area contributed by atoms with Gasteiger partial charge in [0.05, 0.1) is 5.97 Å². The van der Waals surface area contributed by atoms with Crippen LogP contribution in [0.15, 0.2) is 0 Å². The average molecular weight is 315 g/mol. The van der Waals surface area contributed by atoms with E-state index >= 15 is 0 Å². The number of nitrogens with zero attached hydrogens (tertiary/aromatic N) is 1. The van der Waals surface area contributed by atoms with Gasteiger partial charge in [-0.2, -0.15) is 4.90 Å². The van der Waals surface area contributed by atoms with Gasteiger partial charge in [0.1, 0.15) is 11.2 Å². The van der Waals surface area contributed by atoms with Crippen molar-refractivity contribution in [3.8, 4) is 0 Å². The third kappa shape index (κ3) is 8.90. The molecule has 0 bridgehead atoms. The molecule has 0 spiro atoms. The van der Waals surface area contributed by atoms with E-state index in [0.717, 1.165) is 0 Å². The van der Waals surface area contributed by atoms with Crippen LogP contribution in [0.1, 0.15) is 41.5 Å². The van der Waals surface area contributed by atoms with E-state index in [2.05, 4.69) is 0 Å². The quantitative estimate of drug-likeness (QED) is 0.441. The second kappa shape index (κ2) is 7.95. The van der Waals surface area contributed by atoms with Gasteiger partial charge >= 0.3 is 41.7 Å². The van der Waals surface area contributed by atoms with Crippen molar-refractivity contribution >= 4 is 18.2 Å². The molecule has 0 heterocycles. The molecule has 0 aromatic carbocycles. The van der Waals surface area contributed by atoms with E-state index in [4.69, 9.17) is 9.47 Å². The fraction of sp³-hybridized carbons (Fsp3) is 0.750. The Morgan fingerprint density at radius 1 is 0.952 bits per heavy atom. The van der Waals surface area contributed by atoms with Gasteiger partial charge in [-0.1, -0.05) is 0 Å². The van der Waals surface area contributed by atoms with Crippen LogP contribution in [-0.2, 0) is 14.3 Å². The first-order valence-corrected chi connectivity index (χ1v) is 5.85. The summed E-state index contributed by atoms with van der Waals surface area (Å²) in [7, 11) is 0. The number of halogens is 1. The second-order valence-electron chi connectivity index (χ2n) is 5.99. The van der Waals surface area contributed by atoms with Crippen molar-refractivity contribution in [2.45, 2.75) is 59.0 Å². The van der Waals surface area contributed by atoms with E-state index in [9.17, 15) is 23.9 Å². The predicted octanol–water partition coefficient (Wildman–Crippen LogP) is -1.79. The van der Waals surface area contributed by atoms with Gasteiger partial charge in [0, 0.05) is 0 Å². The van der Waals surface area contributed by atoms with Gasteiger partial charge in [0.2, 0.25) is 6.30 Å². The zero-order valence-electron chi connectivity index (χ0n) is 13.4. The van der Waals surface area contributed by atoms with Gasteiger partial charge in [0.25, 0.3) is 0 Å². The molecular formula is C12H19FNNaO6. The monoisotopic (exact) mass is 315 g/mol. The Morgan fingerprint density at radius 2 is 1.24 bits per heavy atom. The summed E-state index contributed by atoms with van der Waals surface area (Å²) in [5, 5.41) is 10.5.